The Balaban J connectivity index is 2.26. The van der Waals surface area contributed by atoms with E-state index >= 15 is 0 Å². The summed E-state index contributed by atoms with van der Waals surface area (Å²) in [4.78, 5) is 25.6. The van der Waals surface area contributed by atoms with Gasteiger partial charge < -0.3 is 9.90 Å². The zero-order valence-corrected chi connectivity index (χ0v) is 15.2. The number of aryl methyl sites for hydroxylation is 1. The van der Waals surface area contributed by atoms with Gasteiger partial charge >= 0.3 is 0 Å². The first-order chi connectivity index (χ1) is 10.9. The lowest BCUT2D eigenvalue weighted by Gasteiger charge is -2.27. The third-order valence-electron chi connectivity index (χ3n) is 3.34. The Labute approximate surface area is 149 Å². The van der Waals surface area contributed by atoms with Crippen LogP contribution < -0.4 is 5.11 Å². The van der Waals surface area contributed by atoms with Crippen molar-refractivity contribution in [2.75, 3.05) is 12.0 Å². The van der Waals surface area contributed by atoms with Gasteiger partial charge in [-0.25, -0.2) is 0 Å². The molecule has 1 fully saturated rings. The summed E-state index contributed by atoms with van der Waals surface area (Å²) in [6.45, 7) is 1.97. The first-order valence-electron chi connectivity index (χ1n) is 6.97. The maximum Gasteiger partial charge on any atom is 0.266 e. The van der Waals surface area contributed by atoms with Crippen LogP contribution in [-0.2, 0) is 9.59 Å². The number of hydrogen-bond donors (Lipinski definition) is 0. The van der Waals surface area contributed by atoms with Gasteiger partial charge in [0.1, 0.15) is 4.32 Å². The van der Waals surface area contributed by atoms with Crippen LogP contribution in [0, 0.1) is 6.92 Å². The lowest BCUT2D eigenvalue weighted by atomic mass is 10.1. The largest absolute Gasteiger partial charge is 0.548 e. The molecule has 0 aliphatic carbocycles. The minimum atomic E-state index is -1.27. The average molecular weight is 367 g/mol. The number of benzene rings is 1. The minimum Gasteiger partial charge on any atom is -0.548 e. The number of carboxylic acid groups (broad SMARTS) is 1. The smallest absolute Gasteiger partial charge is 0.266 e. The van der Waals surface area contributed by atoms with E-state index in [1.807, 2.05) is 37.4 Å². The molecule has 122 valence electrons. The predicted molar refractivity (Wildman–Crippen MR) is 98.0 cm³/mol. The lowest BCUT2D eigenvalue weighted by Crippen LogP contribution is -2.50. The highest BCUT2D eigenvalue weighted by Crippen LogP contribution is 2.34. The molecular formula is C16H16NO3S3-. The van der Waals surface area contributed by atoms with E-state index in [9.17, 15) is 14.7 Å². The van der Waals surface area contributed by atoms with Crippen LogP contribution in [-0.4, -0.2) is 39.1 Å². The highest BCUT2D eigenvalue weighted by molar-refractivity contribution is 8.26. The first-order valence-corrected chi connectivity index (χ1v) is 9.59. The Morgan fingerprint density at radius 2 is 2.26 bits per heavy atom. The van der Waals surface area contributed by atoms with Crippen LogP contribution in [0.3, 0.4) is 0 Å². The molecule has 0 bridgehead atoms. The fourth-order valence-electron chi connectivity index (χ4n) is 2.24. The summed E-state index contributed by atoms with van der Waals surface area (Å²) >= 11 is 7.86. The molecule has 1 aliphatic rings. The molecule has 0 radical (unpaired) electrons. The van der Waals surface area contributed by atoms with Crippen LogP contribution in [0.4, 0.5) is 0 Å². The van der Waals surface area contributed by atoms with E-state index in [2.05, 4.69) is 0 Å². The normalized spacial score (nSPS) is 17.8. The van der Waals surface area contributed by atoms with Gasteiger partial charge in [0.05, 0.1) is 16.9 Å². The number of thiocarbonyl (C=S) groups is 1. The lowest BCUT2D eigenvalue weighted by molar-refractivity contribution is -0.310. The molecule has 0 unspecified atom stereocenters. The number of carbonyl (C=O) groups is 2. The second kappa shape index (κ2) is 7.99. The molecule has 1 atom stereocenters. The second-order valence-corrected chi connectivity index (χ2v) is 7.74. The van der Waals surface area contributed by atoms with Crippen molar-refractivity contribution in [3.05, 3.63) is 40.3 Å². The number of amides is 1. The third-order valence-corrected chi connectivity index (χ3v) is 5.32. The summed E-state index contributed by atoms with van der Waals surface area (Å²) in [6.07, 6.45) is 3.94. The Morgan fingerprint density at radius 1 is 1.52 bits per heavy atom. The molecule has 1 saturated heterocycles. The maximum atomic E-state index is 12.6. The van der Waals surface area contributed by atoms with Gasteiger partial charge in [0, 0.05) is 0 Å². The molecule has 7 heteroatoms. The molecule has 0 saturated carbocycles. The quantitative estimate of drug-likeness (QED) is 0.567. The molecule has 1 amide bonds. The van der Waals surface area contributed by atoms with Gasteiger partial charge in [-0.3, -0.25) is 9.69 Å². The SMILES string of the molecule is CSCC[C@@H](C(=O)[O-])N1C(=O)/C(=C\c2cccc(C)c2)SC1=S. The number of carboxylic acids is 1. The fraction of sp³-hybridized carbons (Fsp3) is 0.312. The summed E-state index contributed by atoms with van der Waals surface area (Å²) in [5.74, 6) is -1.02. The summed E-state index contributed by atoms with van der Waals surface area (Å²) in [5.41, 5.74) is 1.97. The number of nitrogens with zero attached hydrogens (tertiary/aromatic N) is 1. The molecule has 1 heterocycles. The minimum absolute atomic E-state index is 0.268. The van der Waals surface area contributed by atoms with E-state index in [4.69, 9.17) is 12.2 Å². The van der Waals surface area contributed by atoms with Gasteiger partial charge in [0.2, 0.25) is 0 Å². The molecule has 2 rings (SSSR count). The zero-order chi connectivity index (χ0) is 17.0. The number of aliphatic carboxylic acids is 1. The molecular weight excluding hydrogens is 350 g/mol. The van der Waals surface area contributed by atoms with Crippen LogP contribution in [0.15, 0.2) is 29.2 Å². The molecule has 0 N–H and O–H groups in total. The molecule has 0 aromatic heterocycles. The van der Waals surface area contributed by atoms with Crippen LogP contribution in [0.2, 0.25) is 0 Å². The van der Waals surface area contributed by atoms with Crippen molar-refractivity contribution in [1.29, 1.82) is 0 Å². The molecule has 0 spiro atoms. The van der Waals surface area contributed by atoms with E-state index < -0.39 is 12.0 Å². The van der Waals surface area contributed by atoms with Crippen molar-refractivity contribution in [2.24, 2.45) is 0 Å². The van der Waals surface area contributed by atoms with Crippen LogP contribution in [0.1, 0.15) is 17.5 Å². The van der Waals surface area contributed by atoms with E-state index in [0.717, 1.165) is 22.9 Å². The van der Waals surface area contributed by atoms with Gasteiger partial charge in [-0.15, -0.1) is 0 Å². The van der Waals surface area contributed by atoms with E-state index in [1.54, 1.807) is 6.08 Å². The van der Waals surface area contributed by atoms with Crippen molar-refractivity contribution in [3.8, 4) is 0 Å². The van der Waals surface area contributed by atoms with Crippen molar-refractivity contribution in [3.63, 3.8) is 0 Å². The van der Waals surface area contributed by atoms with Crippen LogP contribution >= 0.6 is 35.7 Å². The van der Waals surface area contributed by atoms with Gasteiger partial charge in [0.15, 0.2) is 0 Å². The Bertz CT molecular complexity index is 672. The molecule has 23 heavy (non-hydrogen) atoms. The zero-order valence-electron chi connectivity index (χ0n) is 12.8. The standard InChI is InChI=1S/C16H17NO3S3/c1-10-4-3-5-11(8-10)9-13-14(18)17(16(21)23-13)12(15(19)20)6-7-22-2/h3-5,8-9,12H,6-7H2,1-2H3,(H,19,20)/p-1/b13-9+/t12-/m0/s1. The second-order valence-electron chi connectivity index (χ2n) is 5.08. The molecule has 4 nitrogen and oxygen atoms in total. The van der Waals surface area contributed by atoms with Crippen molar-refractivity contribution >= 4 is 58.0 Å². The monoisotopic (exact) mass is 366 g/mol. The fourth-order valence-corrected chi connectivity index (χ4v) is 4.06. The van der Waals surface area contributed by atoms with Gasteiger partial charge in [-0.05, 0) is 37.0 Å². The highest BCUT2D eigenvalue weighted by atomic mass is 32.2. The van der Waals surface area contributed by atoms with Crippen LogP contribution in [0.5, 0.6) is 0 Å². The van der Waals surface area contributed by atoms with E-state index in [1.165, 1.54) is 16.7 Å². The number of thioether (sulfide) groups is 2. The first kappa shape index (κ1) is 18.0. The van der Waals surface area contributed by atoms with E-state index in [0.29, 0.717) is 17.1 Å². The Kier molecular flexibility index (Phi) is 6.26. The third kappa shape index (κ3) is 4.37. The predicted octanol–water partition coefficient (Wildman–Crippen LogP) is 2.07. The summed E-state index contributed by atoms with van der Waals surface area (Å²) in [6, 6.07) is 6.71. The van der Waals surface area contributed by atoms with Crippen molar-refractivity contribution < 1.29 is 14.7 Å². The molecule has 1 aliphatic heterocycles. The van der Waals surface area contributed by atoms with E-state index in [-0.39, 0.29) is 10.2 Å². The van der Waals surface area contributed by atoms with Crippen LogP contribution in [0.25, 0.3) is 6.08 Å². The molecule has 1 aromatic carbocycles. The number of carbonyl (C=O) groups excluding carboxylic acids is 2. The average Bonchev–Trinajstić information content (AvgIpc) is 2.75. The maximum absolute atomic E-state index is 12.6. The number of hydrogen-bond acceptors (Lipinski definition) is 6. The van der Waals surface area contributed by atoms with Gasteiger partial charge in [-0.1, -0.05) is 53.8 Å². The van der Waals surface area contributed by atoms with Crippen molar-refractivity contribution in [1.82, 2.24) is 4.90 Å². The summed E-state index contributed by atoms with van der Waals surface area (Å²) < 4.78 is 0.268. The summed E-state index contributed by atoms with van der Waals surface area (Å²) in [7, 11) is 0. The molecule has 1 aromatic rings. The summed E-state index contributed by atoms with van der Waals surface area (Å²) in [5, 5.41) is 11.4. The van der Waals surface area contributed by atoms with Gasteiger partial charge in [-0.2, -0.15) is 11.8 Å². The number of rotatable bonds is 6. The topological polar surface area (TPSA) is 60.4 Å². The van der Waals surface area contributed by atoms with Crippen molar-refractivity contribution in [2.45, 2.75) is 19.4 Å². The van der Waals surface area contributed by atoms with Gasteiger partial charge in [0.25, 0.3) is 5.91 Å². The Morgan fingerprint density at radius 3 is 2.87 bits per heavy atom. The highest BCUT2D eigenvalue weighted by Gasteiger charge is 2.37. The Hall–Kier alpha value is -1.31.